The number of amides is 1. The lowest BCUT2D eigenvalue weighted by molar-refractivity contribution is -0.124. The summed E-state index contributed by atoms with van der Waals surface area (Å²) in [6.45, 7) is 4.00. The van der Waals surface area contributed by atoms with Crippen molar-refractivity contribution in [3.05, 3.63) is 0 Å². The SMILES string of the molecule is CCC(C)C(=O)N/N=C1\CC2CC1C1CCCC21. The van der Waals surface area contributed by atoms with Crippen LogP contribution in [0.1, 0.15) is 52.4 Å². The van der Waals surface area contributed by atoms with Crippen LogP contribution in [0.3, 0.4) is 0 Å². The van der Waals surface area contributed by atoms with Crippen molar-refractivity contribution in [1.82, 2.24) is 5.43 Å². The van der Waals surface area contributed by atoms with Crippen molar-refractivity contribution in [1.29, 1.82) is 0 Å². The Balaban J connectivity index is 1.63. The van der Waals surface area contributed by atoms with Gasteiger partial charge in [-0.2, -0.15) is 5.10 Å². The molecule has 0 aliphatic heterocycles. The highest BCUT2D eigenvalue weighted by molar-refractivity contribution is 5.91. The summed E-state index contributed by atoms with van der Waals surface area (Å²) < 4.78 is 0. The van der Waals surface area contributed by atoms with Gasteiger partial charge in [-0.05, 0) is 49.9 Å². The number of nitrogens with zero attached hydrogens (tertiary/aromatic N) is 1. The minimum Gasteiger partial charge on any atom is -0.273 e. The van der Waals surface area contributed by atoms with E-state index in [1.54, 1.807) is 0 Å². The average Bonchev–Trinajstić information content (AvgIpc) is 3.05. The van der Waals surface area contributed by atoms with Gasteiger partial charge in [-0.1, -0.05) is 20.3 Å². The first-order valence-corrected chi connectivity index (χ1v) is 7.57. The molecule has 5 atom stereocenters. The van der Waals surface area contributed by atoms with Crippen molar-refractivity contribution in [2.24, 2.45) is 34.7 Å². The number of carbonyl (C=O) groups is 1. The van der Waals surface area contributed by atoms with Crippen LogP contribution >= 0.6 is 0 Å². The maximum absolute atomic E-state index is 11.7. The predicted octanol–water partition coefficient (Wildman–Crippen LogP) is 2.96. The maximum Gasteiger partial charge on any atom is 0.242 e. The third kappa shape index (κ3) is 1.88. The van der Waals surface area contributed by atoms with Crippen molar-refractivity contribution in [2.45, 2.75) is 52.4 Å². The quantitative estimate of drug-likeness (QED) is 0.766. The molecule has 18 heavy (non-hydrogen) atoms. The van der Waals surface area contributed by atoms with Gasteiger partial charge in [0.25, 0.3) is 0 Å². The fourth-order valence-corrected chi connectivity index (χ4v) is 4.37. The van der Waals surface area contributed by atoms with Gasteiger partial charge in [0.2, 0.25) is 5.91 Å². The third-order valence-corrected chi connectivity index (χ3v) is 5.57. The Kier molecular flexibility index (Phi) is 3.16. The molecule has 3 nitrogen and oxygen atoms in total. The molecule has 3 saturated carbocycles. The van der Waals surface area contributed by atoms with Crippen LogP contribution in [0.4, 0.5) is 0 Å². The molecule has 0 aromatic heterocycles. The summed E-state index contributed by atoms with van der Waals surface area (Å²) in [5, 5.41) is 4.45. The van der Waals surface area contributed by atoms with Crippen molar-refractivity contribution in [3.8, 4) is 0 Å². The molecule has 1 N–H and O–H groups in total. The van der Waals surface area contributed by atoms with Crippen LogP contribution in [0.2, 0.25) is 0 Å². The topological polar surface area (TPSA) is 41.5 Å². The molecule has 3 rings (SSSR count). The molecular weight excluding hydrogens is 224 g/mol. The molecule has 3 aliphatic carbocycles. The van der Waals surface area contributed by atoms with Gasteiger partial charge in [-0.25, -0.2) is 5.43 Å². The first kappa shape index (κ1) is 12.2. The normalized spacial score (nSPS) is 41.1. The summed E-state index contributed by atoms with van der Waals surface area (Å²) in [6, 6.07) is 0. The Morgan fingerprint density at radius 2 is 2.22 bits per heavy atom. The van der Waals surface area contributed by atoms with E-state index in [4.69, 9.17) is 0 Å². The monoisotopic (exact) mass is 248 g/mol. The molecule has 2 bridgehead atoms. The molecule has 0 saturated heterocycles. The Hall–Kier alpha value is -0.860. The molecule has 0 heterocycles. The number of hydrazone groups is 1. The van der Waals surface area contributed by atoms with E-state index in [9.17, 15) is 4.79 Å². The van der Waals surface area contributed by atoms with Crippen LogP contribution in [0, 0.1) is 29.6 Å². The van der Waals surface area contributed by atoms with Crippen molar-refractivity contribution < 1.29 is 4.79 Å². The smallest absolute Gasteiger partial charge is 0.242 e. The summed E-state index contributed by atoms with van der Waals surface area (Å²) in [5.41, 5.74) is 4.08. The van der Waals surface area contributed by atoms with Crippen LogP contribution in [-0.2, 0) is 4.79 Å². The fourth-order valence-electron chi connectivity index (χ4n) is 4.37. The second-order valence-electron chi connectivity index (χ2n) is 6.45. The van der Waals surface area contributed by atoms with E-state index in [2.05, 4.69) is 10.5 Å². The number of fused-ring (bicyclic) bond motifs is 5. The largest absolute Gasteiger partial charge is 0.273 e. The molecule has 0 aromatic rings. The lowest BCUT2D eigenvalue weighted by Gasteiger charge is -2.25. The molecule has 3 fully saturated rings. The molecule has 0 aromatic carbocycles. The van der Waals surface area contributed by atoms with Gasteiger partial charge in [-0.3, -0.25) is 4.79 Å². The number of carbonyl (C=O) groups excluding carboxylic acids is 1. The number of hydrogen-bond acceptors (Lipinski definition) is 2. The van der Waals surface area contributed by atoms with Crippen LogP contribution in [0.5, 0.6) is 0 Å². The standard InChI is InChI=1S/C15H24N2O/c1-3-9(2)15(18)17-16-14-8-10-7-13(14)12-6-4-5-11(10)12/h9-13H,3-8H2,1-2H3,(H,17,18)/b16-14+. The second kappa shape index (κ2) is 4.67. The first-order chi connectivity index (χ1) is 8.70. The Morgan fingerprint density at radius 1 is 1.44 bits per heavy atom. The van der Waals surface area contributed by atoms with E-state index >= 15 is 0 Å². The highest BCUT2D eigenvalue weighted by Crippen LogP contribution is 2.57. The summed E-state index contributed by atoms with van der Waals surface area (Å²) in [6.07, 6.45) is 7.62. The van der Waals surface area contributed by atoms with E-state index in [-0.39, 0.29) is 11.8 Å². The van der Waals surface area contributed by atoms with E-state index in [1.165, 1.54) is 31.4 Å². The molecule has 3 heteroatoms. The average molecular weight is 248 g/mol. The van der Waals surface area contributed by atoms with Gasteiger partial charge in [0.1, 0.15) is 0 Å². The Morgan fingerprint density at radius 3 is 3.00 bits per heavy atom. The van der Waals surface area contributed by atoms with Crippen LogP contribution in [0.15, 0.2) is 5.10 Å². The molecule has 0 radical (unpaired) electrons. The van der Waals surface area contributed by atoms with Gasteiger partial charge in [0.05, 0.1) is 0 Å². The molecule has 5 unspecified atom stereocenters. The number of rotatable bonds is 3. The minimum absolute atomic E-state index is 0.0761. The zero-order chi connectivity index (χ0) is 12.7. The molecule has 1 amide bonds. The third-order valence-electron chi connectivity index (χ3n) is 5.57. The number of hydrogen-bond donors (Lipinski definition) is 1. The molecule has 100 valence electrons. The first-order valence-electron chi connectivity index (χ1n) is 7.57. The summed E-state index contributed by atoms with van der Waals surface area (Å²) in [4.78, 5) is 11.7. The van der Waals surface area contributed by atoms with Crippen molar-refractivity contribution in [3.63, 3.8) is 0 Å². The van der Waals surface area contributed by atoms with Crippen LogP contribution < -0.4 is 5.43 Å². The summed E-state index contributed by atoms with van der Waals surface area (Å²) in [7, 11) is 0. The summed E-state index contributed by atoms with van der Waals surface area (Å²) >= 11 is 0. The van der Waals surface area contributed by atoms with Crippen LogP contribution in [0.25, 0.3) is 0 Å². The zero-order valence-electron chi connectivity index (χ0n) is 11.5. The van der Waals surface area contributed by atoms with Gasteiger partial charge >= 0.3 is 0 Å². The lowest BCUT2D eigenvalue weighted by Crippen LogP contribution is -2.30. The fraction of sp³-hybridized carbons (Fsp3) is 0.867. The highest BCUT2D eigenvalue weighted by atomic mass is 16.2. The van der Waals surface area contributed by atoms with E-state index < -0.39 is 0 Å². The lowest BCUT2D eigenvalue weighted by atomic mass is 9.81. The minimum atomic E-state index is 0.0761. The molecule has 0 spiro atoms. The second-order valence-corrected chi connectivity index (χ2v) is 6.45. The van der Waals surface area contributed by atoms with E-state index in [0.717, 1.165) is 30.6 Å². The van der Waals surface area contributed by atoms with Crippen LogP contribution in [-0.4, -0.2) is 11.6 Å². The zero-order valence-corrected chi connectivity index (χ0v) is 11.5. The summed E-state index contributed by atoms with van der Waals surface area (Å²) in [5.74, 6) is 3.60. The predicted molar refractivity (Wildman–Crippen MR) is 72.1 cm³/mol. The van der Waals surface area contributed by atoms with E-state index in [0.29, 0.717) is 5.92 Å². The van der Waals surface area contributed by atoms with Gasteiger partial charge < -0.3 is 0 Å². The van der Waals surface area contributed by atoms with Crippen molar-refractivity contribution >= 4 is 11.6 Å². The number of nitrogens with one attached hydrogen (secondary N) is 1. The maximum atomic E-state index is 11.7. The highest BCUT2D eigenvalue weighted by Gasteiger charge is 2.52. The Labute approximate surface area is 109 Å². The molecular formula is C15H24N2O. The van der Waals surface area contributed by atoms with E-state index in [1.807, 2.05) is 13.8 Å². The molecule has 3 aliphatic rings. The van der Waals surface area contributed by atoms with Gasteiger partial charge in [0.15, 0.2) is 0 Å². The Bertz CT molecular complexity index is 377. The van der Waals surface area contributed by atoms with Crippen molar-refractivity contribution in [2.75, 3.05) is 0 Å². The van der Waals surface area contributed by atoms with Gasteiger partial charge in [0, 0.05) is 17.5 Å². The van der Waals surface area contributed by atoms with Gasteiger partial charge in [-0.15, -0.1) is 0 Å².